The van der Waals surface area contributed by atoms with E-state index in [1.165, 1.54) is 36.2 Å². The Hall–Kier alpha value is -4.28. The fraction of sp³-hybridized carbons (Fsp3) is 0.208. The van der Waals surface area contributed by atoms with Crippen LogP contribution in [0.25, 0.3) is 0 Å². The van der Waals surface area contributed by atoms with Crippen LogP contribution in [0, 0.1) is 0 Å². The second-order valence-corrected chi connectivity index (χ2v) is 7.79. The van der Waals surface area contributed by atoms with Crippen LogP contribution in [0.4, 0.5) is 13.2 Å². The molecule has 0 spiro atoms. The third-order valence-corrected chi connectivity index (χ3v) is 5.45. The second-order valence-electron chi connectivity index (χ2n) is 7.79. The van der Waals surface area contributed by atoms with Gasteiger partial charge in [0.2, 0.25) is 11.9 Å². The summed E-state index contributed by atoms with van der Waals surface area (Å²) in [6.45, 7) is 0.274. The highest BCUT2D eigenvalue weighted by Crippen LogP contribution is 2.41. The van der Waals surface area contributed by atoms with E-state index in [1.54, 1.807) is 24.3 Å². The monoisotopic (exact) mass is 483 g/mol. The van der Waals surface area contributed by atoms with Gasteiger partial charge < -0.3 is 4.74 Å². The summed E-state index contributed by atoms with van der Waals surface area (Å²) in [6, 6.07) is 12.5. The van der Waals surface area contributed by atoms with Gasteiger partial charge in [-0.2, -0.15) is 13.8 Å². The number of benzene rings is 2. The molecule has 1 N–H and O–H groups in total. The molecule has 1 unspecified atom stereocenters. The van der Waals surface area contributed by atoms with Gasteiger partial charge in [0.15, 0.2) is 5.54 Å². The van der Waals surface area contributed by atoms with E-state index in [2.05, 4.69) is 31.6 Å². The number of nitrogens with zero attached hydrogens (tertiary/aromatic N) is 4. The first-order chi connectivity index (χ1) is 16.7. The molecule has 11 heteroatoms. The summed E-state index contributed by atoms with van der Waals surface area (Å²) in [4.78, 5) is 39.0. The molecule has 180 valence electrons. The number of hydrogen-bond acceptors (Lipinski definition) is 5. The highest BCUT2D eigenvalue weighted by Gasteiger charge is 2.50. The molecular weight excluding hydrogens is 463 g/mol. The zero-order valence-corrected chi connectivity index (χ0v) is 18.5. The van der Waals surface area contributed by atoms with Crippen LogP contribution in [0.5, 0.6) is 5.75 Å². The Morgan fingerprint density at radius 3 is 2.57 bits per heavy atom. The predicted molar refractivity (Wildman–Crippen MR) is 123 cm³/mol. The molecular formula is C24H20F3N5O3. The molecule has 2 heterocycles. The van der Waals surface area contributed by atoms with Crippen molar-refractivity contribution in [3.63, 3.8) is 0 Å². The number of amides is 2. The Morgan fingerprint density at radius 2 is 1.94 bits per heavy atom. The minimum atomic E-state index is -3.00. The zero-order valence-electron chi connectivity index (χ0n) is 18.5. The molecule has 2 aliphatic rings. The van der Waals surface area contributed by atoms with Crippen molar-refractivity contribution in [3.8, 4) is 5.75 Å². The minimum absolute atomic E-state index is 0.0141. The maximum absolute atomic E-state index is 13.7. The number of carbonyl (C=O) groups is 2. The number of aryl methyl sites for hydroxylation is 1. The van der Waals surface area contributed by atoms with Gasteiger partial charge in [0.05, 0.1) is 12.0 Å². The SMILES string of the molecule is C=C(F)CCc1cccc(C2(c3ccc(OC(F)F)cc3)N=C(N=C3N=CC(=O)N3)N(C)C2=O)c1. The molecule has 0 radical (unpaired) electrons. The topological polar surface area (TPSA) is 95.7 Å². The molecule has 0 aromatic heterocycles. The summed E-state index contributed by atoms with van der Waals surface area (Å²) in [6.07, 6.45) is 1.52. The van der Waals surface area contributed by atoms with Crippen LogP contribution < -0.4 is 10.1 Å². The molecule has 1 atom stereocenters. The Bertz CT molecular complexity index is 1270. The molecule has 4 rings (SSSR count). The molecule has 2 aromatic carbocycles. The van der Waals surface area contributed by atoms with E-state index in [1.807, 2.05) is 0 Å². The van der Waals surface area contributed by atoms with Crippen molar-refractivity contribution in [2.24, 2.45) is 15.0 Å². The van der Waals surface area contributed by atoms with E-state index in [9.17, 15) is 22.8 Å². The number of nitrogens with one attached hydrogen (secondary N) is 1. The van der Waals surface area contributed by atoms with Gasteiger partial charge in [0, 0.05) is 13.5 Å². The Labute approximate surface area is 198 Å². The lowest BCUT2D eigenvalue weighted by Crippen LogP contribution is -2.39. The molecule has 2 aliphatic heterocycles. The second kappa shape index (κ2) is 9.53. The number of aliphatic imine (C=N–C) groups is 3. The lowest BCUT2D eigenvalue weighted by molar-refractivity contribution is -0.129. The first kappa shape index (κ1) is 23.9. The third-order valence-electron chi connectivity index (χ3n) is 5.45. The van der Waals surface area contributed by atoms with Gasteiger partial charge >= 0.3 is 6.61 Å². The lowest BCUT2D eigenvalue weighted by atomic mass is 9.82. The van der Waals surface area contributed by atoms with Crippen molar-refractivity contribution in [1.29, 1.82) is 0 Å². The largest absolute Gasteiger partial charge is 0.435 e. The van der Waals surface area contributed by atoms with E-state index in [-0.39, 0.29) is 24.1 Å². The van der Waals surface area contributed by atoms with E-state index in [0.717, 1.165) is 11.8 Å². The van der Waals surface area contributed by atoms with Crippen LogP contribution in [0.2, 0.25) is 0 Å². The summed E-state index contributed by atoms with van der Waals surface area (Å²) in [5, 5.41) is 2.42. The Balaban J connectivity index is 1.84. The fourth-order valence-electron chi connectivity index (χ4n) is 3.80. The van der Waals surface area contributed by atoms with Crippen LogP contribution in [0.15, 0.2) is 75.9 Å². The number of alkyl halides is 2. The van der Waals surface area contributed by atoms with E-state index >= 15 is 0 Å². The molecule has 0 saturated carbocycles. The number of ether oxygens (including phenoxy) is 1. The molecule has 35 heavy (non-hydrogen) atoms. The van der Waals surface area contributed by atoms with Crippen LogP contribution in [0.1, 0.15) is 23.1 Å². The standard InChI is InChI=1S/C24H20F3N5O3/c1-14(25)6-7-15-4-3-5-17(12-15)24(16-8-10-18(11-9-16)35-21(26)27)20(34)32(2)23(31-24)30-22-28-13-19(33)29-22/h3-5,8-13,21H,1,6-7H2,2H3,(H,29,30,31,33). The van der Waals surface area contributed by atoms with Crippen LogP contribution in [0.3, 0.4) is 0 Å². The number of likely N-dealkylation sites (N-methyl/N-ethyl adjacent to an activating group) is 1. The highest BCUT2D eigenvalue weighted by molar-refractivity contribution is 6.37. The number of halogens is 3. The van der Waals surface area contributed by atoms with Crippen molar-refractivity contribution in [3.05, 3.63) is 77.6 Å². The van der Waals surface area contributed by atoms with Crippen molar-refractivity contribution in [1.82, 2.24) is 10.2 Å². The summed E-state index contributed by atoms with van der Waals surface area (Å²) in [5.41, 5.74) is -0.0337. The number of carbonyl (C=O) groups excluding carboxylic acids is 2. The average molecular weight is 483 g/mol. The molecule has 8 nitrogen and oxygen atoms in total. The molecule has 0 fully saturated rings. The maximum atomic E-state index is 13.7. The quantitative estimate of drug-likeness (QED) is 0.655. The van der Waals surface area contributed by atoms with Gasteiger partial charge in [0.1, 0.15) is 5.75 Å². The normalized spacial score (nSPS) is 20.5. The van der Waals surface area contributed by atoms with E-state index in [4.69, 9.17) is 0 Å². The van der Waals surface area contributed by atoms with Gasteiger partial charge in [0.25, 0.3) is 11.8 Å². The van der Waals surface area contributed by atoms with Crippen molar-refractivity contribution in [2.45, 2.75) is 25.0 Å². The predicted octanol–water partition coefficient (Wildman–Crippen LogP) is 3.33. The van der Waals surface area contributed by atoms with E-state index in [0.29, 0.717) is 17.5 Å². The van der Waals surface area contributed by atoms with Crippen LogP contribution in [-0.2, 0) is 21.5 Å². The molecule has 2 amide bonds. The first-order valence-corrected chi connectivity index (χ1v) is 10.5. The molecule has 0 bridgehead atoms. The first-order valence-electron chi connectivity index (χ1n) is 10.5. The summed E-state index contributed by atoms with van der Waals surface area (Å²) < 4.78 is 42.9. The number of allylic oxidation sites excluding steroid dienone is 1. The summed E-state index contributed by atoms with van der Waals surface area (Å²) in [7, 11) is 1.47. The fourth-order valence-corrected chi connectivity index (χ4v) is 3.80. The van der Waals surface area contributed by atoms with Crippen LogP contribution >= 0.6 is 0 Å². The van der Waals surface area contributed by atoms with Crippen molar-refractivity contribution < 1.29 is 27.5 Å². The zero-order chi connectivity index (χ0) is 25.2. The highest BCUT2D eigenvalue weighted by atomic mass is 19.3. The van der Waals surface area contributed by atoms with Gasteiger partial charge in [-0.15, -0.1) is 0 Å². The van der Waals surface area contributed by atoms with Gasteiger partial charge in [-0.3, -0.25) is 19.8 Å². The van der Waals surface area contributed by atoms with E-state index < -0.39 is 29.8 Å². The Morgan fingerprint density at radius 1 is 1.20 bits per heavy atom. The average Bonchev–Trinajstić information content (AvgIpc) is 3.34. The van der Waals surface area contributed by atoms with Crippen molar-refractivity contribution >= 4 is 29.9 Å². The smallest absolute Gasteiger partial charge is 0.387 e. The van der Waals surface area contributed by atoms with Crippen LogP contribution in [-0.4, -0.2) is 48.5 Å². The van der Waals surface area contributed by atoms with Crippen molar-refractivity contribution in [2.75, 3.05) is 7.05 Å². The summed E-state index contributed by atoms with van der Waals surface area (Å²) in [5.74, 6) is -1.52. The Kier molecular flexibility index (Phi) is 6.50. The minimum Gasteiger partial charge on any atom is -0.435 e. The van der Waals surface area contributed by atoms with Gasteiger partial charge in [-0.1, -0.05) is 43.0 Å². The number of guanidine groups is 2. The molecule has 0 saturated heterocycles. The van der Waals surface area contributed by atoms with Gasteiger partial charge in [-0.05, 0) is 35.2 Å². The van der Waals surface area contributed by atoms with Gasteiger partial charge in [-0.25, -0.2) is 14.4 Å². The molecule has 2 aromatic rings. The number of rotatable bonds is 7. The number of hydrogen-bond donors (Lipinski definition) is 1. The maximum Gasteiger partial charge on any atom is 0.387 e. The third kappa shape index (κ3) is 4.84. The summed E-state index contributed by atoms with van der Waals surface area (Å²) >= 11 is 0. The molecule has 0 aliphatic carbocycles. The lowest BCUT2D eigenvalue weighted by Gasteiger charge is -2.26.